The first-order chi connectivity index (χ1) is 7.09. The second-order valence-electron chi connectivity index (χ2n) is 2.95. The van der Waals surface area contributed by atoms with Crippen molar-refractivity contribution in [3.8, 4) is 0 Å². The number of rotatable bonds is 1. The molecule has 15 heavy (non-hydrogen) atoms. The van der Waals surface area contributed by atoms with Crippen LogP contribution in [0.3, 0.4) is 0 Å². The molecule has 0 aliphatic carbocycles. The van der Waals surface area contributed by atoms with Gasteiger partial charge in [-0.2, -0.15) is 0 Å². The highest BCUT2D eigenvalue weighted by atomic mass is 79.9. The van der Waals surface area contributed by atoms with Crippen molar-refractivity contribution in [3.63, 3.8) is 0 Å². The fourth-order valence-electron chi connectivity index (χ4n) is 1.35. The monoisotopic (exact) mass is 329 g/mol. The minimum Gasteiger partial charge on any atom is -0.478 e. The quantitative estimate of drug-likeness (QED) is 0.871. The Morgan fingerprint density at radius 1 is 1.33 bits per heavy atom. The summed E-state index contributed by atoms with van der Waals surface area (Å²) < 4.78 is 1.55. The van der Waals surface area contributed by atoms with E-state index in [1.165, 1.54) is 0 Å². The van der Waals surface area contributed by atoms with E-state index in [1.807, 2.05) is 0 Å². The zero-order chi connectivity index (χ0) is 11.0. The topological polar surface area (TPSA) is 50.2 Å². The number of hydrogen-bond acceptors (Lipinski definition) is 2. The molecule has 1 N–H and O–H groups in total. The van der Waals surface area contributed by atoms with E-state index in [4.69, 9.17) is 5.11 Å². The van der Waals surface area contributed by atoms with E-state index < -0.39 is 5.97 Å². The first kappa shape index (κ1) is 10.6. The molecule has 0 atom stereocenters. The second kappa shape index (κ2) is 3.90. The van der Waals surface area contributed by atoms with Crippen LogP contribution in [0.25, 0.3) is 10.9 Å². The van der Waals surface area contributed by atoms with Crippen molar-refractivity contribution in [2.75, 3.05) is 0 Å². The number of carboxylic acids is 1. The molecule has 1 aromatic heterocycles. The van der Waals surface area contributed by atoms with Crippen LogP contribution in [0.2, 0.25) is 0 Å². The molecule has 0 saturated heterocycles. The van der Waals surface area contributed by atoms with Crippen LogP contribution in [0.5, 0.6) is 0 Å². The lowest BCUT2D eigenvalue weighted by atomic mass is 10.1. The van der Waals surface area contributed by atoms with Gasteiger partial charge in [-0.05, 0) is 50.1 Å². The summed E-state index contributed by atoms with van der Waals surface area (Å²) in [7, 11) is 0. The van der Waals surface area contributed by atoms with Gasteiger partial charge in [-0.3, -0.25) is 4.98 Å². The molecular formula is C10H5Br2NO2. The summed E-state index contributed by atoms with van der Waals surface area (Å²) in [6, 6.07) is 4.99. The van der Waals surface area contributed by atoms with Gasteiger partial charge in [-0.25, -0.2) is 4.79 Å². The van der Waals surface area contributed by atoms with Gasteiger partial charge in [0.05, 0.1) is 11.1 Å². The normalized spacial score (nSPS) is 10.5. The Labute approximate surface area is 102 Å². The van der Waals surface area contributed by atoms with Crippen molar-refractivity contribution in [1.29, 1.82) is 0 Å². The minimum atomic E-state index is -0.951. The summed E-state index contributed by atoms with van der Waals surface area (Å²) in [5, 5.41) is 9.62. The molecule has 76 valence electrons. The molecular weight excluding hydrogens is 326 g/mol. The molecule has 2 rings (SSSR count). The van der Waals surface area contributed by atoms with Gasteiger partial charge >= 0.3 is 5.97 Å². The van der Waals surface area contributed by atoms with Gasteiger partial charge in [0.2, 0.25) is 0 Å². The fourth-order valence-corrected chi connectivity index (χ4v) is 2.13. The molecule has 2 aromatic rings. The lowest BCUT2D eigenvalue weighted by Crippen LogP contribution is -1.98. The van der Waals surface area contributed by atoms with Gasteiger partial charge in [0, 0.05) is 20.5 Å². The van der Waals surface area contributed by atoms with Crippen molar-refractivity contribution in [3.05, 3.63) is 38.9 Å². The summed E-state index contributed by atoms with van der Waals surface area (Å²) in [4.78, 5) is 15.1. The number of hydrogen-bond donors (Lipinski definition) is 1. The predicted octanol–water partition coefficient (Wildman–Crippen LogP) is 3.46. The smallest absolute Gasteiger partial charge is 0.336 e. The Kier molecular flexibility index (Phi) is 2.75. The number of nitrogens with zero attached hydrogens (tertiary/aromatic N) is 1. The summed E-state index contributed by atoms with van der Waals surface area (Å²) >= 11 is 6.60. The molecule has 0 aliphatic rings. The average molecular weight is 331 g/mol. The van der Waals surface area contributed by atoms with E-state index in [1.54, 1.807) is 24.4 Å². The SMILES string of the molecule is O=C(O)c1ccc(Br)c2ncc(Br)cc12. The Morgan fingerprint density at radius 3 is 2.73 bits per heavy atom. The molecule has 0 amide bonds. The largest absolute Gasteiger partial charge is 0.478 e. The third-order valence-corrected chi connectivity index (χ3v) is 3.07. The third-order valence-electron chi connectivity index (χ3n) is 2.00. The van der Waals surface area contributed by atoms with Crippen molar-refractivity contribution in [1.82, 2.24) is 4.98 Å². The lowest BCUT2D eigenvalue weighted by molar-refractivity contribution is 0.0699. The van der Waals surface area contributed by atoms with Gasteiger partial charge in [-0.15, -0.1) is 0 Å². The Balaban J connectivity index is 2.90. The molecule has 1 aromatic carbocycles. The molecule has 1 heterocycles. The van der Waals surface area contributed by atoms with Crippen LogP contribution in [-0.2, 0) is 0 Å². The second-order valence-corrected chi connectivity index (χ2v) is 4.72. The predicted molar refractivity (Wildman–Crippen MR) is 64.1 cm³/mol. The average Bonchev–Trinajstić information content (AvgIpc) is 2.17. The highest BCUT2D eigenvalue weighted by Crippen LogP contribution is 2.27. The Hall–Kier alpha value is -0.940. The van der Waals surface area contributed by atoms with Crippen molar-refractivity contribution in [2.45, 2.75) is 0 Å². The molecule has 5 heteroatoms. The molecule has 0 radical (unpaired) electrons. The summed E-state index contributed by atoms with van der Waals surface area (Å²) in [6.45, 7) is 0. The summed E-state index contributed by atoms with van der Waals surface area (Å²) in [5.74, 6) is -0.951. The van der Waals surface area contributed by atoms with E-state index in [-0.39, 0.29) is 5.56 Å². The van der Waals surface area contributed by atoms with E-state index in [0.717, 1.165) is 8.95 Å². The van der Waals surface area contributed by atoms with Crippen molar-refractivity contribution < 1.29 is 9.90 Å². The van der Waals surface area contributed by atoms with Crippen LogP contribution in [0.4, 0.5) is 0 Å². The van der Waals surface area contributed by atoms with Crippen LogP contribution in [0.1, 0.15) is 10.4 Å². The number of halogens is 2. The number of benzene rings is 1. The zero-order valence-corrected chi connectivity index (χ0v) is 10.5. The van der Waals surface area contributed by atoms with E-state index in [9.17, 15) is 4.79 Å². The van der Waals surface area contributed by atoms with Crippen LogP contribution in [0.15, 0.2) is 33.3 Å². The molecule has 0 fully saturated rings. The lowest BCUT2D eigenvalue weighted by Gasteiger charge is -2.04. The zero-order valence-electron chi connectivity index (χ0n) is 7.37. The van der Waals surface area contributed by atoms with Gasteiger partial charge in [0.25, 0.3) is 0 Å². The fraction of sp³-hybridized carbons (Fsp3) is 0. The molecule has 0 saturated carbocycles. The van der Waals surface area contributed by atoms with E-state index in [2.05, 4.69) is 36.8 Å². The number of aromatic nitrogens is 1. The molecule has 0 bridgehead atoms. The van der Waals surface area contributed by atoms with Crippen LogP contribution in [-0.4, -0.2) is 16.1 Å². The summed E-state index contributed by atoms with van der Waals surface area (Å²) in [5.41, 5.74) is 0.903. The van der Waals surface area contributed by atoms with E-state index in [0.29, 0.717) is 10.9 Å². The van der Waals surface area contributed by atoms with Gasteiger partial charge < -0.3 is 5.11 Å². The number of pyridine rings is 1. The number of carboxylic acid groups (broad SMARTS) is 1. The number of fused-ring (bicyclic) bond motifs is 1. The molecule has 0 aliphatic heterocycles. The van der Waals surface area contributed by atoms with Gasteiger partial charge in [0.15, 0.2) is 0 Å². The highest BCUT2D eigenvalue weighted by Gasteiger charge is 2.11. The van der Waals surface area contributed by atoms with Crippen molar-refractivity contribution in [2.24, 2.45) is 0 Å². The molecule has 0 spiro atoms. The number of aromatic carboxylic acids is 1. The Morgan fingerprint density at radius 2 is 2.07 bits per heavy atom. The highest BCUT2D eigenvalue weighted by molar-refractivity contribution is 9.11. The maximum Gasteiger partial charge on any atom is 0.336 e. The van der Waals surface area contributed by atoms with E-state index >= 15 is 0 Å². The standard InChI is InChI=1S/C10H5Br2NO2/c11-5-3-7-6(10(14)15)1-2-8(12)9(7)13-4-5/h1-4H,(H,14,15). The maximum atomic E-state index is 11.0. The minimum absolute atomic E-state index is 0.252. The van der Waals surface area contributed by atoms with Gasteiger partial charge in [0.1, 0.15) is 0 Å². The van der Waals surface area contributed by atoms with Gasteiger partial charge in [-0.1, -0.05) is 0 Å². The maximum absolute atomic E-state index is 11.0. The first-order valence-electron chi connectivity index (χ1n) is 4.06. The van der Waals surface area contributed by atoms with Crippen molar-refractivity contribution >= 4 is 48.7 Å². The van der Waals surface area contributed by atoms with Crippen LogP contribution in [0, 0.1) is 0 Å². The van der Waals surface area contributed by atoms with Crippen LogP contribution < -0.4 is 0 Å². The Bertz CT molecular complexity index is 554. The number of carbonyl (C=O) groups is 1. The van der Waals surface area contributed by atoms with Crippen LogP contribution >= 0.6 is 31.9 Å². The first-order valence-corrected chi connectivity index (χ1v) is 5.65. The molecule has 0 unspecified atom stereocenters. The summed E-state index contributed by atoms with van der Waals surface area (Å²) in [6.07, 6.45) is 1.64. The molecule has 3 nitrogen and oxygen atoms in total. The third kappa shape index (κ3) is 1.89.